The van der Waals surface area contributed by atoms with Gasteiger partial charge in [0.2, 0.25) is 0 Å². The number of hydrogen-bond acceptors (Lipinski definition) is 2. The molecule has 21 heavy (non-hydrogen) atoms. The number of halogens is 1. The molecule has 0 bridgehead atoms. The third-order valence-corrected chi connectivity index (χ3v) is 3.51. The Balaban J connectivity index is 2.18. The van der Waals surface area contributed by atoms with E-state index in [-0.39, 0.29) is 18.7 Å². The average Bonchev–Trinajstić information content (AvgIpc) is 2.46. The van der Waals surface area contributed by atoms with E-state index in [1.165, 1.54) is 12.1 Å². The maximum Gasteiger partial charge on any atom is 0.303 e. The molecule has 110 valence electrons. The standard InChI is InChI=1S/C17H17FO3/c1-17(21,11-10-16(19)20)14-6-2-12(3-7-14)13-4-8-15(18)9-5-13/h2-9,21H,10-11H2,1H3,(H,19,20). The summed E-state index contributed by atoms with van der Waals surface area (Å²) in [5.74, 6) is -1.22. The van der Waals surface area contributed by atoms with Crippen molar-refractivity contribution in [3.63, 3.8) is 0 Å². The zero-order chi connectivity index (χ0) is 15.5. The molecule has 3 nitrogen and oxygen atoms in total. The van der Waals surface area contributed by atoms with Crippen molar-refractivity contribution in [2.24, 2.45) is 0 Å². The summed E-state index contributed by atoms with van der Waals surface area (Å²) in [6, 6.07) is 13.4. The van der Waals surface area contributed by atoms with E-state index in [4.69, 9.17) is 5.11 Å². The molecule has 2 aromatic rings. The molecule has 0 aliphatic heterocycles. The SMILES string of the molecule is CC(O)(CCC(=O)O)c1ccc(-c2ccc(F)cc2)cc1. The van der Waals surface area contributed by atoms with Gasteiger partial charge in [-0.2, -0.15) is 0 Å². The first-order valence-electron chi connectivity index (χ1n) is 6.69. The van der Waals surface area contributed by atoms with Crippen LogP contribution in [0, 0.1) is 5.82 Å². The highest BCUT2D eigenvalue weighted by Gasteiger charge is 2.23. The molecule has 0 aliphatic rings. The van der Waals surface area contributed by atoms with Gasteiger partial charge >= 0.3 is 5.97 Å². The van der Waals surface area contributed by atoms with Crippen molar-refractivity contribution in [1.82, 2.24) is 0 Å². The molecule has 0 aliphatic carbocycles. The molecule has 0 fully saturated rings. The van der Waals surface area contributed by atoms with Crippen LogP contribution in [0.1, 0.15) is 25.3 Å². The minimum Gasteiger partial charge on any atom is -0.481 e. The predicted molar refractivity (Wildman–Crippen MR) is 78.3 cm³/mol. The average molecular weight is 288 g/mol. The van der Waals surface area contributed by atoms with E-state index >= 15 is 0 Å². The second-order valence-corrected chi connectivity index (χ2v) is 5.25. The number of carboxylic acid groups (broad SMARTS) is 1. The molecule has 0 saturated carbocycles. The fourth-order valence-electron chi connectivity index (χ4n) is 2.16. The van der Waals surface area contributed by atoms with E-state index in [0.717, 1.165) is 11.1 Å². The summed E-state index contributed by atoms with van der Waals surface area (Å²) in [6.07, 6.45) is 0.0605. The summed E-state index contributed by atoms with van der Waals surface area (Å²) in [5.41, 5.74) is 1.27. The van der Waals surface area contributed by atoms with Gasteiger partial charge in [0.25, 0.3) is 0 Å². The molecular weight excluding hydrogens is 271 g/mol. The molecule has 0 amide bonds. The highest BCUT2D eigenvalue weighted by molar-refractivity contribution is 5.67. The molecule has 2 rings (SSSR count). The molecule has 0 aromatic heterocycles. The van der Waals surface area contributed by atoms with E-state index in [2.05, 4.69) is 0 Å². The molecule has 1 atom stereocenters. The number of hydrogen-bond donors (Lipinski definition) is 2. The number of rotatable bonds is 5. The maximum absolute atomic E-state index is 12.9. The summed E-state index contributed by atoms with van der Waals surface area (Å²) in [5, 5.41) is 19.0. The van der Waals surface area contributed by atoms with E-state index in [9.17, 15) is 14.3 Å². The zero-order valence-electron chi connectivity index (χ0n) is 11.7. The van der Waals surface area contributed by atoms with Gasteiger partial charge in [-0.25, -0.2) is 4.39 Å². The van der Waals surface area contributed by atoms with Gasteiger partial charge in [0.05, 0.1) is 5.60 Å². The first-order valence-corrected chi connectivity index (χ1v) is 6.69. The Hall–Kier alpha value is -2.20. The number of carbonyl (C=O) groups is 1. The zero-order valence-corrected chi connectivity index (χ0v) is 11.7. The molecule has 0 saturated heterocycles. The van der Waals surface area contributed by atoms with Crippen LogP contribution in [-0.4, -0.2) is 16.2 Å². The van der Waals surface area contributed by atoms with Crippen LogP contribution in [0.25, 0.3) is 11.1 Å². The molecular formula is C17H17FO3. The van der Waals surface area contributed by atoms with Gasteiger partial charge in [0.15, 0.2) is 0 Å². The van der Waals surface area contributed by atoms with Gasteiger partial charge < -0.3 is 10.2 Å². The number of aliphatic hydroxyl groups is 1. The minimum absolute atomic E-state index is 0.0906. The van der Waals surface area contributed by atoms with E-state index in [1.54, 1.807) is 31.2 Å². The van der Waals surface area contributed by atoms with Gasteiger partial charge in [0, 0.05) is 6.42 Å². The Kier molecular flexibility index (Phi) is 4.38. The van der Waals surface area contributed by atoms with Gasteiger partial charge in [-0.3, -0.25) is 4.79 Å². The fourth-order valence-corrected chi connectivity index (χ4v) is 2.16. The first kappa shape index (κ1) is 15.2. The lowest BCUT2D eigenvalue weighted by atomic mass is 9.90. The van der Waals surface area contributed by atoms with Gasteiger partial charge in [-0.15, -0.1) is 0 Å². The van der Waals surface area contributed by atoms with Crippen molar-refractivity contribution >= 4 is 5.97 Å². The van der Waals surface area contributed by atoms with Crippen molar-refractivity contribution < 1.29 is 19.4 Å². The summed E-state index contributed by atoms with van der Waals surface area (Å²) >= 11 is 0. The van der Waals surface area contributed by atoms with Gasteiger partial charge in [-0.05, 0) is 42.2 Å². The third kappa shape index (κ3) is 3.89. The minimum atomic E-state index is -1.18. The lowest BCUT2D eigenvalue weighted by Gasteiger charge is -2.23. The molecule has 2 N–H and O–H groups in total. The highest BCUT2D eigenvalue weighted by Crippen LogP contribution is 2.28. The van der Waals surface area contributed by atoms with Gasteiger partial charge in [-0.1, -0.05) is 36.4 Å². The quantitative estimate of drug-likeness (QED) is 0.884. The second kappa shape index (κ2) is 6.06. The lowest BCUT2D eigenvalue weighted by molar-refractivity contribution is -0.138. The number of benzene rings is 2. The Morgan fingerprint density at radius 1 is 1.05 bits per heavy atom. The van der Waals surface area contributed by atoms with Crippen LogP contribution in [0.4, 0.5) is 4.39 Å². The Morgan fingerprint density at radius 2 is 1.52 bits per heavy atom. The maximum atomic E-state index is 12.9. The summed E-state index contributed by atoms with van der Waals surface area (Å²) in [6.45, 7) is 1.60. The monoisotopic (exact) mass is 288 g/mol. The van der Waals surface area contributed by atoms with E-state index in [1.807, 2.05) is 12.1 Å². The van der Waals surface area contributed by atoms with Crippen molar-refractivity contribution in [3.8, 4) is 11.1 Å². The Morgan fingerprint density at radius 3 is 2.00 bits per heavy atom. The van der Waals surface area contributed by atoms with Crippen molar-refractivity contribution in [1.29, 1.82) is 0 Å². The predicted octanol–water partition coefficient (Wildman–Crippen LogP) is 3.57. The Bertz CT molecular complexity index is 615. The van der Waals surface area contributed by atoms with Crippen molar-refractivity contribution in [3.05, 3.63) is 59.9 Å². The Labute approximate surface area is 122 Å². The van der Waals surface area contributed by atoms with Crippen LogP contribution < -0.4 is 0 Å². The first-order chi connectivity index (χ1) is 9.88. The van der Waals surface area contributed by atoms with Crippen LogP contribution in [0.5, 0.6) is 0 Å². The van der Waals surface area contributed by atoms with E-state index in [0.29, 0.717) is 5.56 Å². The topological polar surface area (TPSA) is 57.5 Å². The number of aliphatic carboxylic acids is 1. The van der Waals surface area contributed by atoms with Crippen LogP contribution in [0.15, 0.2) is 48.5 Å². The lowest BCUT2D eigenvalue weighted by Crippen LogP contribution is -2.22. The number of carboxylic acids is 1. The highest BCUT2D eigenvalue weighted by atomic mass is 19.1. The van der Waals surface area contributed by atoms with Crippen LogP contribution in [0.2, 0.25) is 0 Å². The smallest absolute Gasteiger partial charge is 0.303 e. The molecule has 2 aromatic carbocycles. The largest absolute Gasteiger partial charge is 0.481 e. The van der Waals surface area contributed by atoms with Crippen molar-refractivity contribution in [2.45, 2.75) is 25.4 Å². The molecule has 4 heteroatoms. The summed E-state index contributed by atoms with van der Waals surface area (Å²) < 4.78 is 12.9. The van der Waals surface area contributed by atoms with Crippen LogP contribution in [-0.2, 0) is 10.4 Å². The summed E-state index contributed by atoms with van der Waals surface area (Å²) in [7, 11) is 0. The normalized spacial score (nSPS) is 13.7. The third-order valence-electron chi connectivity index (χ3n) is 3.51. The second-order valence-electron chi connectivity index (χ2n) is 5.25. The van der Waals surface area contributed by atoms with Crippen molar-refractivity contribution in [2.75, 3.05) is 0 Å². The van der Waals surface area contributed by atoms with Gasteiger partial charge in [0.1, 0.15) is 5.82 Å². The fraction of sp³-hybridized carbons (Fsp3) is 0.235. The van der Waals surface area contributed by atoms with Crippen LogP contribution >= 0.6 is 0 Å². The van der Waals surface area contributed by atoms with Crippen LogP contribution in [0.3, 0.4) is 0 Å². The molecule has 1 unspecified atom stereocenters. The van der Waals surface area contributed by atoms with E-state index < -0.39 is 11.6 Å². The molecule has 0 spiro atoms. The summed E-state index contributed by atoms with van der Waals surface area (Å²) in [4.78, 5) is 10.6. The molecule has 0 heterocycles. The molecule has 0 radical (unpaired) electrons.